The van der Waals surface area contributed by atoms with Crippen LogP contribution in [0.15, 0.2) is 0 Å². The fourth-order valence-corrected chi connectivity index (χ4v) is 2.83. The van der Waals surface area contributed by atoms with Crippen LogP contribution in [0.5, 0.6) is 0 Å². The molecule has 1 aliphatic carbocycles. The maximum Gasteiger partial charge on any atom is 0.390 e. The minimum absolute atomic E-state index is 0.00111. The average Bonchev–Trinajstić information content (AvgIpc) is 3.02. The maximum atomic E-state index is 12.4. The second-order valence-electron chi connectivity index (χ2n) is 6.64. The lowest BCUT2D eigenvalue weighted by Gasteiger charge is -2.51. The lowest BCUT2D eigenvalue weighted by Crippen LogP contribution is -2.68. The van der Waals surface area contributed by atoms with Gasteiger partial charge in [-0.05, 0) is 39.5 Å². The molecule has 1 heterocycles. The highest BCUT2D eigenvalue weighted by atomic mass is 19.4. The number of rotatable bonds is 3. The largest absolute Gasteiger partial charge is 0.390 e. The van der Waals surface area contributed by atoms with Crippen LogP contribution in [-0.4, -0.2) is 41.8 Å². The monoisotopic (exact) mass is 264 g/mol. The van der Waals surface area contributed by atoms with Crippen molar-refractivity contribution in [3.8, 4) is 0 Å². The molecule has 18 heavy (non-hydrogen) atoms. The van der Waals surface area contributed by atoms with E-state index in [2.05, 4.69) is 12.2 Å². The number of nitrogens with zero attached hydrogens (tertiary/aromatic N) is 1. The molecule has 106 valence electrons. The van der Waals surface area contributed by atoms with Crippen molar-refractivity contribution in [1.29, 1.82) is 0 Å². The molecule has 0 amide bonds. The van der Waals surface area contributed by atoms with Crippen molar-refractivity contribution in [2.45, 2.75) is 57.3 Å². The SMILES string of the molecule is CC1(C2CC2)CN(CCC(F)(F)F)C(C)(C)CN1. The van der Waals surface area contributed by atoms with E-state index in [-0.39, 0.29) is 17.6 Å². The summed E-state index contributed by atoms with van der Waals surface area (Å²) >= 11 is 0. The summed E-state index contributed by atoms with van der Waals surface area (Å²) in [6.07, 6.45) is -2.36. The van der Waals surface area contributed by atoms with Crippen LogP contribution >= 0.6 is 0 Å². The van der Waals surface area contributed by atoms with Crippen molar-refractivity contribution in [2.75, 3.05) is 19.6 Å². The lowest BCUT2D eigenvalue weighted by molar-refractivity contribution is -0.143. The zero-order chi connectivity index (χ0) is 13.6. The molecule has 0 bridgehead atoms. The standard InChI is InChI=1S/C13H23F3N2/c1-11(2)8-17-12(3,10-4-5-10)9-18(11)7-6-13(14,15)16/h10,17H,4-9H2,1-3H3. The van der Waals surface area contributed by atoms with Crippen molar-refractivity contribution < 1.29 is 13.2 Å². The van der Waals surface area contributed by atoms with Crippen molar-refractivity contribution in [3.63, 3.8) is 0 Å². The molecule has 1 atom stereocenters. The molecule has 2 nitrogen and oxygen atoms in total. The predicted octanol–water partition coefficient (Wildman–Crippen LogP) is 2.79. The number of piperazine rings is 1. The summed E-state index contributed by atoms with van der Waals surface area (Å²) in [5.41, 5.74) is -0.194. The van der Waals surface area contributed by atoms with Crippen molar-refractivity contribution >= 4 is 0 Å². The van der Waals surface area contributed by atoms with Gasteiger partial charge in [0.2, 0.25) is 0 Å². The van der Waals surface area contributed by atoms with Gasteiger partial charge in [-0.25, -0.2) is 0 Å². The number of halogens is 3. The Labute approximate surface area is 107 Å². The fraction of sp³-hybridized carbons (Fsp3) is 1.00. The van der Waals surface area contributed by atoms with Gasteiger partial charge in [-0.1, -0.05) is 0 Å². The molecule has 2 rings (SSSR count). The minimum atomic E-state index is -4.06. The highest BCUT2D eigenvalue weighted by Crippen LogP contribution is 2.42. The normalized spacial score (nSPS) is 33.7. The Morgan fingerprint density at radius 1 is 1.22 bits per heavy atom. The molecule has 0 aromatic rings. The predicted molar refractivity (Wildman–Crippen MR) is 65.5 cm³/mol. The van der Waals surface area contributed by atoms with Crippen LogP contribution in [0.3, 0.4) is 0 Å². The highest BCUT2D eigenvalue weighted by molar-refractivity contribution is 5.06. The van der Waals surface area contributed by atoms with Gasteiger partial charge in [0, 0.05) is 30.7 Å². The van der Waals surface area contributed by atoms with Crippen LogP contribution in [0, 0.1) is 5.92 Å². The van der Waals surface area contributed by atoms with Crippen LogP contribution in [0.2, 0.25) is 0 Å². The third kappa shape index (κ3) is 3.18. The first kappa shape index (κ1) is 14.1. The maximum absolute atomic E-state index is 12.4. The second-order valence-corrected chi connectivity index (χ2v) is 6.64. The van der Waals surface area contributed by atoms with E-state index in [1.807, 2.05) is 18.7 Å². The van der Waals surface area contributed by atoms with Crippen LogP contribution in [0.4, 0.5) is 13.2 Å². The Kier molecular flexibility index (Phi) is 3.43. The molecule has 1 aliphatic heterocycles. The molecule has 0 spiro atoms. The van der Waals surface area contributed by atoms with Gasteiger partial charge in [-0.3, -0.25) is 4.90 Å². The Hall–Kier alpha value is -0.290. The number of hydrogen-bond acceptors (Lipinski definition) is 2. The van der Waals surface area contributed by atoms with Gasteiger partial charge in [-0.15, -0.1) is 0 Å². The van der Waals surface area contributed by atoms with Gasteiger partial charge < -0.3 is 5.32 Å². The van der Waals surface area contributed by atoms with Gasteiger partial charge >= 0.3 is 6.18 Å². The van der Waals surface area contributed by atoms with E-state index >= 15 is 0 Å². The van der Waals surface area contributed by atoms with Crippen LogP contribution in [-0.2, 0) is 0 Å². The molecule has 0 aromatic carbocycles. The zero-order valence-electron chi connectivity index (χ0n) is 11.4. The van der Waals surface area contributed by atoms with E-state index in [4.69, 9.17) is 0 Å². The van der Waals surface area contributed by atoms with Gasteiger partial charge in [0.05, 0.1) is 6.42 Å². The van der Waals surface area contributed by atoms with E-state index in [0.29, 0.717) is 5.92 Å². The van der Waals surface area contributed by atoms with Gasteiger partial charge in [0.25, 0.3) is 0 Å². The van der Waals surface area contributed by atoms with Gasteiger partial charge in [0.1, 0.15) is 0 Å². The van der Waals surface area contributed by atoms with E-state index in [1.165, 1.54) is 12.8 Å². The molecule has 1 N–H and O–H groups in total. The zero-order valence-corrected chi connectivity index (χ0v) is 11.4. The summed E-state index contributed by atoms with van der Waals surface area (Å²) < 4.78 is 37.2. The Bertz CT molecular complexity index is 310. The molecule has 1 saturated carbocycles. The Balaban J connectivity index is 1.99. The molecule has 1 unspecified atom stereocenters. The number of alkyl halides is 3. The van der Waals surface area contributed by atoms with E-state index < -0.39 is 12.6 Å². The third-order valence-electron chi connectivity index (χ3n) is 4.44. The minimum Gasteiger partial charge on any atom is -0.308 e. The summed E-state index contributed by atoms with van der Waals surface area (Å²) in [5, 5.41) is 3.55. The van der Waals surface area contributed by atoms with Crippen molar-refractivity contribution in [2.24, 2.45) is 5.92 Å². The number of hydrogen-bond donors (Lipinski definition) is 1. The first-order valence-corrected chi connectivity index (χ1v) is 6.69. The Morgan fingerprint density at radius 2 is 1.83 bits per heavy atom. The molecule has 5 heteroatoms. The van der Waals surface area contributed by atoms with Crippen molar-refractivity contribution in [1.82, 2.24) is 10.2 Å². The summed E-state index contributed by atoms with van der Waals surface area (Å²) in [7, 11) is 0. The van der Waals surface area contributed by atoms with E-state index in [9.17, 15) is 13.2 Å². The quantitative estimate of drug-likeness (QED) is 0.843. The number of nitrogens with one attached hydrogen (secondary N) is 1. The lowest BCUT2D eigenvalue weighted by atomic mass is 9.86. The molecular weight excluding hydrogens is 241 g/mol. The molecule has 2 fully saturated rings. The molecule has 2 aliphatic rings. The molecule has 1 saturated heterocycles. The van der Waals surface area contributed by atoms with Gasteiger partial charge in [0.15, 0.2) is 0 Å². The third-order valence-corrected chi connectivity index (χ3v) is 4.44. The highest BCUT2D eigenvalue weighted by Gasteiger charge is 2.48. The van der Waals surface area contributed by atoms with Crippen molar-refractivity contribution in [3.05, 3.63) is 0 Å². The van der Waals surface area contributed by atoms with E-state index in [0.717, 1.165) is 13.1 Å². The first-order valence-electron chi connectivity index (χ1n) is 6.69. The van der Waals surface area contributed by atoms with Gasteiger partial charge in [-0.2, -0.15) is 13.2 Å². The van der Waals surface area contributed by atoms with Crippen LogP contribution < -0.4 is 5.32 Å². The molecule has 0 radical (unpaired) electrons. The summed E-state index contributed by atoms with van der Waals surface area (Å²) in [6, 6.07) is 0. The van der Waals surface area contributed by atoms with E-state index in [1.54, 1.807) is 0 Å². The fourth-order valence-electron chi connectivity index (χ4n) is 2.83. The average molecular weight is 264 g/mol. The smallest absolute Gasteiger partial charge is 0.308 e. The first-order chi connectivity index (χ1) is 8.12. The molecular formula is C13H23F3N2. The van der Waals surface area contributed by atoms with Crippen LogP contribution in [0.1, 0.15) is 40.0 Å². The summed E-state index contributed by atoms with van der Waals surface area (Å²) in [4.78, 5) is 2.01. The second kappa shape index (κ2) is 4.37. The summed E-state index contributed by atoms with van der Waals surface area (Å²) in [6.45, 7) is 7.78. The molecule has 0 aromatic heterocycles. The van der Waals surface area contributed by atoms with Crippen LogP contribution in [0.25, 0.3) is 0 Å². The summed E-state index contributed by atoms with van der Waals surface area (Å²) in [5.74, 6) is 0.641. The topological polar surface area (TPSA) is 15.3 Å². The Morgan fingerprint density at radius 3 is 2.33 bits per heavy atom.